The summed E-state index contributed by atoms with van der Waals surface area (Å²) in [6, 6.07) is 10.5. The number of amides is 1. The van der Waals surface area contributed by atoms with Crippen molar-refractivity contribution in [3.63, 3.8) is 0 Å². The zero-order valence-corrected chi connectivity index (χ0v) is 13.8. The molecule has 0 radical (unpaired) electrons. The molecule has 0 aliphatic carbocycles. The van der Waals surface area contributed by atoms with Gasteiger partial charge < -0.3 is 5.32 Å². The van der Waals surface area contributed by atoms with E-state index in [-0.39, 0.29) is 27.2 Å². The van der Waals surface area contributed by atoms with Crippen molar-refractivity contribution in [3.05, 3.63) is 52.5 Å². The summed E-state index contributed by atoms with van der Waals surface area (Å²) in [5.41, 5.74) is 0.340. The number of anilines is 2. The zero-order chi connectivity index (χ0) is 16.3. The van der Waals surface area contributed by atoms with Crippen LogP contribution in [0.3, 0.4) is 0 Å². The fourth-order valence-electron chi connectivity index (χ4n) is 1.77. The smallest absolute Gasteiger partial charge is 0.264 e. The van der Waals surface area contributed by atoms with Crippen LogP contribution in [0.25, 0.3) is 0 Å². The fraction of sp³-hybridized carbons (Fsp3) is 0.0714. The van der Waals surface area contributed by atoms with Gasteiger partial charge in [-0.25, -0.2) is 8.42 Å². The molecule has 0 spiro atoms. The highest BCUT2D eigenvalue weighted by molar-refractivity contribution is 7.93. The minimum absolute atomic E-state index is 0.0683. The molecule has 0 unspecified atom stereocenters. The van der Waals surface area contributed by atoms with E-state index in [2.05, 4.69) is 10.0 Å². The van der Waals surface area contributed by atoms with E-state index in [1.165, 1.54) is 31.2 Å². The quantitative estimate of drug-likeness (QED) is 0.873. The zero-order valence-electron chi connectivity index (χ0n) is 11.4. The molecule has 0 aliphatic heterocycles. The van der Waals surface area contributed by atoms with Crippen LogP contribution in [-0.2, 0) is 14.8 Å². The van der Waals surface area contributed by atoms with Crippen LogP contribution in [0.2, 0.25) is 10.0 Å². The molecule has 0 saturated heterocycles. The van der Waals surface area contributed by atoms with Gasteiger partial charge in [-0.2, -0.15) is 0 Å². The number of hydrogen-bond acceptors (Lipinski definition) is 3. The lowest BCUT2D eigenvalue weighted by Crippen LogP contribution is -2.17. The first-order valence-corrected chi connectivity index (χ1v) is 8.38. The predicted octanol–water partition coefficient (Wildman–Crippen LogP) is 3.75. The third kappa shape index (κ3) is 3.91. The number of benzene rings is 2. The number of halogens is 2. The summed E-state index contributed by atoms with van der Waals surface area (Å²) in [6.07, 6.45) is 0. The number of carbonyl (C=O) groups excluding carboxylic acids is 1. The Bertz CT molecular complexity index is 823. The molecule has 1 amide bonds. The van der Waals surface area contributed by atoms with Crippen LogP contribution in [0.15, 0.2) is 47.4 Å². The van der Waals surface area contributed by atoms with E-state index < -0.39 is 10.0 Å². The summed E-state index contributed by atoms with van der Waals surface area (Å²) in [6.45, 7) is 1.30. The van der Waals surface area contributed by atoms with Crippen LogP contribution < -0.4 is 10.0 Å². The van der Waals surface area contributed by atoms with Crippen LogP contribution in [0.4, 0.5) is 11.4 Å². The van der Waals surface area contributed by atoms with Gasteiger partial charge in [-0.1, -0.05) is 35.3 Å². The van der Waals surface area contributed by atoms with E-state index in [1.807, 2.05) is 0 Å². The van der Waals surface area contributed by atoms with Crippen LogP contribution >= 0.6 is 23.2 Å². The van der Waals surface area contributed by atoms with Crippen molar-refractivity contribution in [1.82, 2.24) is 0 Å². The molecule has 0 aromatic heterocycles. The molecule has 2 aromatic carbocycles. The number of nitrogens with one attached hydrogen (secondary N) is 2. The molecule has 0 bridgehead atoms. The van der Waals surface area contributed by atoms with Crippen LogP contribution in [0.5, 0.6) is 0 Å². The first-order chi connectivity index (χ1) is 10.3. The summed E-state index contributed by atoms with van der Waals surface area (Å²) >= 11 is 11.8. The summed E-state index contributed by atoms with van der Waals surface area (Å²) in [7, 11) is -3.94. The molecule has 2 N–H and O–H groups in total. The normalized spacial score (nSPS) is 11.0. The number of rotatable bonds is 4. The van der Waals surface area contributed by atoms with E-state index in [1.54, 1.807) is 18.2 Å². The van der Waals surface area contributed by atoms with E-state index in [0.29, 0.717) is 5.02 Å². The standard InChI is InChI=1S/C14H12Cl2N2O3S/c1-9(19)17-12-4-2-3-5-14(12)22(20,21)18-13-8-10(15)6-7-11(13)16/h2-8,18H,1H3,(H,17,19). The molecule has 2 rings (SSSR count). The number of sulfonamides is 1. The first kappa shape index (κ1) is 16.6. The Kier molecular flexibility index (Phi) is 4.95. The second-order valence-corrected chi connectivity index (χ2v) is 6.90. The maximum Gasteiger partial charge on any atom is 0.264 e. The van der Waals surface area contributed by atoms with Gasteiger partial charge in [0.15, 0.2) is 0 Å². The molecule has 0 saturated carbocycles. The van der Waals surface area contributed by atoms with Crippen LogP contribution in [0.1, 0.15) is 6.92 Å². The maximum atomic E-state index is 12.5. The minimum Gasteiger partial charge on any atom is -0.325 e. The average Bonchev–Trinajstić information content (AvgIpc) is 2.42. The number of carbonyl (C=O) groups is 1. The fourth-order valence-corrected chi connectivity index (χ4v) is 3.40. The molecule has 2 aromatic rings. The van der Waals surface area contributed by atoms with Gasteiger partial charge in [0.05, 0.1) is 16.4 Å². The Hall–Kier alpha value is -1.76. The molecule has 0 aliphatic rings. The lowest BCUT2D eigenvalue weighted by Gasteiger charge is -2.13. The Morgan fingerprint density at radius 2 is 1.73 bits per heavy atom. The van der Waals surface area contributed by atoms with Crippen LogP contribution in [0, 0.1) is 0 Å². The van der Waals surface area contributed by atoms with E-state index in [0.717, 1.165) is 0 Å². The molecule has 116 valence electrons. The summed E-state index contributed by atoms with van der Waals surface area (Å²) < 4.78 is 27.4. The molecular weight excluding hydrogens is 347 g/mol. The maximum absolute atomic E-state index is 12.5. The highest BCUT2D eigenvalue weighted by Gasteiger charge is 2.20. The van der Waals surface area contributed by atoms with Gasteiger partial charge in [-0.15, -0.1) is 0 Å². The molecule has 8 heteroatoms. The SMILES string of the molecule is CC(=O)Nc1ccccc1S(=O)(=O)Nc1cc(Cl)ccc1Cl. The highest BCUT2D eigenvalue weighted by Crippen LogP contribution is 2.29. The van der Waals surface area contributed by atoms with Crippen molar-refractivity contribution in [2.24, 2.45) is 0 Å². The molecular formula is C14H12Cl2N2O3S. The van der Waals surface area contributed by atoms with Crippen molar-refractivity contribution in [2.45, 2.75) is 11.8 Å². The molecule has 5 nitrogen and oxygen atoms in total. The Morgan fingerprint density at radius 1 is 1.05 bits per heavy atom. The minimum atomic E-state index is -3.94. The van der Waals surface area contributed by atoms with Crippen molar-refractivity contribution in [3.8, 4) is 0 Å². The molecule has 0 fully saturated rings. The number of hydrogen-bond donors (Lipinski definition) is 2. The molecule has 0 heterocycles. The van der Waals surface area contributed by atoms with E-state index >= 15 is 0 Å². The Balaban J connectivity index is 2.43. The van der Waals surface area contributed by atoms with E-state index in [4.69, 9.17) is 23.2 Å². The lowest BCUT2D eigenvalue weighted by molar-refractivity contribution is -0.114. The van der Waals surface area contributed by atoms with Gasteiger partial charge in [-0.05, 0) is 30.3 Å². The van der Waals surface area contributed by atoms with Crippen LogP contribution in [-0.4, -0.2) is 14.3 Å². The van der Waals surface area contributed by atoms with Gasteiger partial charge in [0.1, 0.15) is 4.90 Å². The van der Waals surface area contributed by atoms with Crippen molar-refractivity contribution >= 4 is 50.5 Å². The average molecular weight is 359 g/mol. The predicted molar refractivity (Wildman–Crippen MR) is 88.0 cm³/mol. The van der Waals surface area contributed by atoms with Gasteiger partial charge in [-0.3, -0.25) is 9.52 Å². The van der Waals surface area contributed by atoms with Crippen molar-refractivity contribution in [1.29, 1.82) is 0 Å². The van der Waals surface area contributed by atoms with Crippen molar-refractivity contribution in [2.75, 3.05) is 10.0 Å². The Labute approximate surface area is 138 Å². The Morgan fingerprint density at radius 3 is 2.41 bits per heavy atom. The third-order valence-corrected chi connectivity index (χ3v) is 4.65. The highest BCUT2D eigenvalue weighted by atomic mass is 35.5. The van der Waals surface area contributed by atoms with Gasteiger partial charge in [0.25, 0.3) is 10.0 Å². The summed E-state index contributed by atoms with van der Waals surface area (Å²) in [5.74, 6) is -0.372. The monoisotopic (exact) mass is 358 g/mol. The van der Waals surface area contributed by atoms with Gasteiger partial charge >= 0.3 is 0 Å². The summed E-state index contributed by atoms with van der Waals surface area (Å²) in [4.78, 5) is 11.1. The van der Waals surface area contributed by atoms with E-state index in [9.17, 15) is 13.2 Å². The molecule has 22 heavy (non-hydrogen) atoms. The second-order valence-electron chi connectivity index (χ2n) is 4.41. The van der Waals surface area contributed by atoms with Crippen molar-refractivity contribution < 1.29 is 13.2 Å². The summed E-state index contributed by atoms with van der Waals surface area (Å²) in [5, 5.41) is 3.03. The second kappa shape index (κ2) is 6.56. The van der Waals surface area contributed by atoms with Gasteiger partial charge in [0, 0.05) is 11.9 Å². The lowest BCUT2D eigenvalue weighted by atomic mass is 10.3. The largest absolute Gasteiger partial charge is 0.325 e. The first-order valence-electron chi connectivity index (χ1n) is 6.14. The third-order valence-electron chi connectivity index (χ3n) is 2.66. The number of para-hydroxylation sites is 1. The molecule has 0 atom stereocenters. The topological polar surface area (TPSA) is 75.3 Å². The van der Waals surface area contributed by atoms with Gasteiger partial charge in [0.2, 0.25) is 5.91 Å².